The number of para-hydroxylation sites is 2. The van der Waals surface area contributed by atoms with E-state index in [0.717, 1.165) is 22.6 Å². The first-order valence-corrected chi connectivity index (χ1v) is 10.6. The zero-order valence-corrected chi connectivity index (χ0v) is 19.3. The van der Waals surface area contributed by atoms with Gasteiger partial charge in [0, 0.05) is 22.6 Å². The Balaban J connectivity index is 1.69. The van der Waals surface area contributed by atoms with E-state index in [9.17, 15) is 9.59 Å². The number of halogens is 2. The molecule has 3 rings (SSSR count). The molecule has 32 heavy (non-hydrogen) atoms. The highest BCUT2D eigenvalue weighted by Gasteiger charge is 2.16. The summed E-state index contributed by atoms with van der Waals surface area (Å²) in [4.78, 5) is 24.3. The van der Waals surface area contributed by atoms with Gasteiger partial charge in [0.2, 0.25) is 0 Å². The third kappa shape index (κ3) is 5.30. The van der Waals surface area contributed by atoms with Crippen molar-refractivity contribution >= 4 is 46.9 Å². The average Bonchev–Trinajstić information content (AvgIpc) is 3.04. The number of ether oxygens (including phenoxy) is 1. The van der Waals surface area contributed by atoms with Crippen LogP contribution in [-0.2, 0) is 9.59 Å². The summed E-state index contributed by atoms with van der Waals surface area (Å²) in [5, 5.41) is 7.38. The van der Waals surface area contributed by atoms with Gasteiger partial charge < -0.3 is 14.6 Å². The Morgan fingerprint density at radius 3 is 2.53 bits per heavy atom. The van der Waals surface area contributed by atoms with E-state index in [1.54, 1.807) is 36.4 Å². The van der Waals surface area contributed by atoms with Gasteiger partial charge in [0.25, 0.3) is 0 Å². The lowest BCUT2D eigenvalue weighted by Gasteiger charge is -2.10. The number of hydrogen-bond donors (Lipinski definition) is 2. The molecule has 7 nitrogen and oxygen atoms in total. The van der Waals surface area contributed by atoms with Crippen molar-refractivity contribution in [3.8, 4) is 11.4 Å². The zero-order valence-electron chi connectivity index (χ0n) is 17.8. The first-order valence-electron chi connectivity index (χ1n) is 9.82. The molecular formula is C23H22Cl2N4O3. The molecule has 0 bridgehead atoms. The molecule has 2 amide bonds. The Kier molecular flexibility index (Phi) is 7.56. The van der Waals surface area contributed by atoms with Gasteiger partial charge >= 0.3 is 11.8 Å². The molecule has 2 N–H and O–H groups in total. The SMILES string of the molecule is CCOc1ccccc1NC(=O)C(=O)N/N=C\c1cc(C)n(-c2ccc(Cl)c(Cl)c2)c1C. The third-order valence-electron chi connectivity index (χ3n) is 4.64. The van der Waals surface area contributed by atoms with Crippen molar-refractivity contribution in [1.82, 2.24) is 9.99 Å². The van der Waals surface area contributed by atoms with Gasteiger partial charge in [-0.15, -0.1) is 0 Å². The molecule has 9 heteroatoms. The van der Waals surface area contributed by atoms with Crippen molar-refractivity contribution < 1.29 is 14.3 Å². The highest BCUT2D eigenvalue weighted by molar-refractivity contribution is 6.42. The maximum absolute atomic E-state index is 12.2. The van der Waals surface area contributed by atoms with Gasteiger partial charge in [-0.3, -0.25) is 9.59 Å². The van der Waals surface area contributed by atoms with Gasteiger partial charge in [-0.25, -0.2) is 5.43 Å². The monoisotopic (exact) mass is 472 g/mol. The number of amides is 2. The summed E-state index contributed by atoms with van der Waals surface area (Å²) < 4.78 is 7.43. The average molecular weight is 473 g/mol. The van der Waals surface area contributed by atoms with Gasteiger partial charge in [0.05, 0.1) is 28.6 Å². The van der Waals surface area contributed by atoms with Crippen LogP contribution >= 0.6 is 23.2 Å². The molecule has 1 aromatic heterocycles. The predicted molar refractivity (Wildman–Crippen MR) is 127 cm³/mol. The number of hydrogen-bond acceptors (Lipinski definition) is 4. The van der Waals surface area contributed by atoms with Crippen LogP contribution < -0.4 is 15.5 Å². The molecule has 166 valence electrons. The number of hydrazone groups is 1. The Bertz CT molecular complexity index is 1190. The number of nitrogens with one attached hydrogen (secondary N) is 2. The van der Waals surface area contributed by atoms with Crippen LogP contribution in [0.15, 0.2) is 53.6 Å². The summed E-state index contributed by atoms with van der Waals surface area (Å²) in [7, 11) is 0. The molecule has 0 unspecified atom stereocenters. The van der Waals surface area contributed by atoms with Crippen LogP contribution in [0.25, 0.3) is 5.69 Å². The summed E-state index contributed by atoms with van der Waals surface area (Å²) in [5.41, 5.74) is 6.10. The standard InChI is InChI=1S/C23H22Cl2N4O3/c1-4-32-21-8-6-5-7-20(21)27-22(30)23(31)28-26-13-16-11-14(2)29(15(16)3)17-9-10-18(24)19(25)12-17/h5-13H,4H2,1-3H3,(H,27,30)(H,28,31)/b26-13-. The van der Waals surface area contributed by atoms with Crippen molar-refractivity contribution in [3.05, 3.63) is 75.5 Å². The number of rotatable bonds is 6. The van der Waals surface area contributed by atoms with Crippen molar-refractivity contribution in [1.29, 1.82) is 0 Å². The molecule has 1 heterocycles. The lowest BCUT2D eigenvalue weighted by Crippen LogP contribution is -2.32. The van der Waals surface area contributed by atoms with Crippen molar-refractivity contribution in [3.63, 3.8) is 0 Å². The first-order chi connectivity index (χ1) is 15.3. The number of carbonyl (C=O) groups is 2. The highest BCUT2D eigenvalue weighted by atomic mass is 35.5. The first kappa shape index (κ1) is 23.4. The number of anilines is 1. The summed E-state index contributed by atoms with van der Waals surface area (Å²) in [6, 6.07) is 14.1. The normalized spacial score (nSPS) is 10.9. The van der Waals surface area contributed by atoms with Crippen LogP contribution in [-0.4, -0.2) is 29.2 Å². The number of aryl methyl sites for hydroxylation is 1. The van der Waals surface area contributed by atoms with Crippen LogP contribution in [0, 0.1) is 13.8 Å². The minimum absolute atomic E-state index is 0.406. The fraction of sp³-hybridized carbons (Fsp3) is 0.174. The largest absolute Gasteiger partial charge is 0.492 e. The van der Waals surface area contributed by atoms with E-state index in [1.165, 1.54) is 6.21 Å². The van der Waals surface area contributed by atoms with Crippen LogP contribution in [0.5, 0.6) is 5.75 Å². The van der Waals surface area contributed by atoms with Gasteiger partial charge in [-0.05, 0) is 57.2 Å². The number of nitrogens with zero attached hydrogens (tertiary/aromatic N) is 2. The molecule has 0 spiro atoms. The van der Waals surface area contributed by atoms with E-state index in [1.807, 2.05) is 37.5 Å². The van der Waals surface area contributed by atoms with E-state index in [-0.39, 0.29) is 0 Å². The lowest BCUT2D eigenvalue weighted by atomic mass is 10.2. The summed E-state index contributed by atoms with van der Waals surface area (Å²) >= 11 is 12.2. The van der Waals surface area contributed by atoms with Crippen LogP contribution in [0.2, 0.25) is 10.0 Å². The van der Waals surface area contributed by atoms with Gasteiger partial charge in [-0.2, -0.15) is 5.10 Å². The molecule has 0 atom stereocenters. The van der Waals surface area contributed by atoms with E-state index >= 15 is 0 Å². The second-order valence-corrected chi connectivity index (χ2v) is 7.66. The Morgan fingerprint density at radius 1 is 1.06 bits per heavy atom. The lowest BCUT2D eigenvalue weighted by molar-refractivity contribution is -0.136. The van der Waals surface area contributed by atoms with E-state index < -0.39 is 11.8 Å². The maximum atomic E-state index is 12.2. The van der Waals surface area contributed by atoms with Crippen molar-refractivity contribution in [2.24, 2.45) is 5.10 Å². The smallest absolute Gasteiger partial charge is 0.329 e. The minimum Gasteiger partial charge on any atom is -0.492 e. The van der Waals surface area contributed by atoms with Crippen molar-refractivity contribution in [2.75, 3.05) is 11.9 Å². The molecule has 3 aromatic rings. The number of aromatic nitrogens is 1. The molecule has 0 aliphatic heterocycles. The molecule has 0 fully saturated rings. The van der Waals surface area contributed by atoms with E-state index in [2.05, 4.69) is 15.8 Å². The zero-order chi connectivity index (χ0) is 23.3. The molecule has 0 aliphatic rings. The van der Waals surface area contributed by atoms with Gasteiger partial charge in [0.1, 0.15) is 5.75 Å². The number of benzene rings is 2. The summed E-state index contributed by atoms with van der Waals surface area (Å²) in [5.74, 6) is -1.27. The van der Waals surface area contributed by atoms with Crippen molar-refractivity contribution in [2.45, 2.75) is 20.8 Å². The summed E-state index contributed by atoms with van der Waals surface area (Å²) in [6.45, 7) is 6.12. The predicted octanol–water partition coefficient (Wildman–Crippen LogP) is 4.89. The molecule has 0 radical (unpaired) electrons. The van der Waals surface area contributed by atoms with Gasteiger partial charge in [-0.1, -0.05) is 35.3 Å². The fourth-order valence-corrected chi connectivity index (χ4v) is 3.47. The Labute approximate surface area is 196 Å². The molecular weight excluding hydrogens is 451 g/mol. The molecule has 2 aromatic carbocycles. The topological polar surface area (TPSA) is 84.7 Å². The third-order valence-corrected chi connectivity index (χ3v) is 5.38. The Morgan fingerprint density at radius 2 is 1.81 bits per heavy atom. The van der Waals surface area contributed by atoms with Crippen LogP contribution in [0.3, 0.4) is 0 Å². The number of carbonyl (C=O) groups excluding carboxylic acids is 2. The maximum Gasteiger partial charge on any atom is 0.329 e. The van der Waals surface area contributed by atoms with Crippen LogP contribution in [0.4, 0.5) is 5.69 Å². The quantitative estimate of drug-likeness (QED) is 0.304. The van der Waals surface area contributed by atoms with E-state index in [4.69, 9.17) is 27.9 Å². The Hall–Kier alpha value is -3.29. The molecule has 0 saturated heterocycles. The minimum atomic E-state index is -0.897. The molecule has 0 aliphatic carbocycles. The molecule has 0 saturated carbocycles. The van der Waals surface area contributed by atoms with Crippen LogP contribution in [0.1, 0.15) is 23.9 Å². The second kappa shape index (κ2) is 10.3. The second-order valence-electron chi connectivity index (χ2n) is 6.84. The summed E-state index contributed by atoms with van der Waals surface area (Å²) in [6.07, 6.45) is 1.48. The van der Waals surface area contributed by atoms with E-state index in [0.29, 0.717) is 28.1 Å². The van der Waals surface area contributed by atoms with Gasteiger partial charge in [0.15, 0.2) is 0 Å². The highest BCUT2D eigenvalue weighted by Crippen LogP contribution is 2.27. The fourth-order valence-electron chi connectivity index (χ4n) is 3.18.